The van der Waals surface area contributed by atoms with Crippen LogP contribution in [0.4, 0.5) is 0 Å². The van der Waals surface area contributed by atoms with Gasteiger partial charge >= 0.3 is 0 Å². The Kier molecular flexibility index (Phi) is 7.41. The first-order chi connectivity index (χ1) is 7.10. The summed E-state index contributed by atoms with van der Waals surface area (Å²) in [7, 11) is 0. The van der Waals surface area contributed by atoms with Gasteiger partial charge < -0.3 is 5.73 Å². The summed E-state index contributed by atoms with van der Waals surface area (Å²) in [5.41, 5.74) is 8.38. The third-order valence-corrected chi connectivity index (χ3v) is 3.34. The average molecular weight is 209 g/mol. The zero-order chi connectivity index (χ0) is 11.8. The number of allylic oxidation sites excluding steroid dienone is 2. The SMILES string of the molecule is C=C(/C=C(\C)C(CC)CN)C(CC)CC. The van der Waals surface area contributed by atoms with Crippen molar-refractivity contribution in [3.63, 3.8) is 0 Å². The molecule has 0 aliphatic heterocycles. The molecule has 0 fully saturated rings. The summed E-state index contributed by atoms with van der Waals surface area (Å²) in [6, 6.07) is 0. The lowest BCUT2D eigenvalue weighted by Crippen LogP contribution is -2.15. The third-order valence-electron chi connectivity index (χ3n) is 3.34. The number of nitrogens with two attached hydrogens (primary N) is 1. The molecule has 1 atom stereocenters. The summed E-state index contributed by atoms with van der Waals surface area (Å²) >= 11 is 0. The Morgan fingerprint density at radius 2 is 1.60 bits per heavy atom. The maximum absolute atomic E-state index is 5.73. The normalized spacial score (nSPS) is 14.4. The van der Waals surface area contributed by atoms with Gasteiger partial charge in [0.2, 0.25) is 0 Å². The van der Waals surface area contributed by atoms with Gasteiger partial charge in [0.1, 0.15) is 0 Å². The number of rotatable bonds is 7. The van der Waals surface area contributed by atoms with E-state index in [1.165, 1.54) is 24.0 Å². The monoisotopic (exact) mass is 209 g/mol. The fourth-order valence-electron chi connectivity index (χ4n) is 2.02. The molecular weight excluding hydrogens is 182 g/mol. The molecule has 0 bridgehead atoms. The van der Waals surface area contributed by atoms with E-state index in [-0.39, 0.29) is 0 Å². The van der Waals surface area contributed by atoms with E-state index >= 15 is 0 Å². The fourth-order valence-corrected chi connectivity index (χ4v) is 2.02. The Morgan fingerprint density at radius 1 is 1.13 bits per heavy atom. The van der Waals surface area contributed by atoms with Crippen LogP contribution in [0.2, 0.25) is 0 Å². The molecule has 2 N–H and O–H groups in total. The van der Waals surface area contributed by atoms with Gasteiger partial charge in [-0.25, -0.2) is 0 Å². The molecule has 0 saturated heterocycles. The summed E-state index contributed by atoms with van der Waals surface area (Å²) in [4.78, 5) is 0. The second-order valence-corrected chi connectivity index (χ2v) is 4.32. The molecule has 1 heteroatoms. The molecule has 1 unspecified atom stereocenters. The highest BCUT2D eigenvalue weighted by molar-refractivity contribution is 5.23. The smallest absolute Gasteiger partial charge is 0.00116 e. The second-order valence-electron chi connectivity index (χ2n) is 4.32. The third kappa shape index (κ3) is 4.65. The molecular formula is C14H27N. The fraction of sp³-hybridized carbons (Fsp3) is 0.714. The van der Waals surface area contributed by atoms with Gasteiger partial charge in [-0.3, -0.25) is 0 Å². The van der Waals surface area contributed by atoms with E-state index in [0.717, 1.165) is 13.0 Å². The number of hydrogen-bond acceptors (Lipinski definition) is 1. The summed E-state index contributed by atoms with van der Waals surface area (Å²) in [6.07, 6.45) is 5.73. The van der Waals surface area contributed by atoms with Crippen molar-refractivity contribution in [2.24, 2.45) is 17.6 Å². The topological polar surface area (TPSA) is 26.0 Å². The Hall–Kier alpha value is -0.560. The molecule has 0 aromatic carbocycles. The first kappa shape index (κ1) is 14.4. The molecule has 0 aliphatic rings. The zero-order valence-corrected chi connectivity index (χ0v) is 10.8. The molecule has 0 rings (SSSR count). The predicted octanol–water partition coefficient (Wildman–Crippen LogP) is 3.91. The summed E-state index contributed by atoms with van der Waals surface area (Å²) in [5.74, 6) is 1.16. The van der Waals surface area contributed by atoms with Crippen LogP contribution in [0.5, 0.6) is 0 Å². The van der Waals surface area contributed by atoms with E-state index in [0.29, 0.717) is 11.8 Å². The minimum Gasteiger partial charge on any atom is -0.330 e. The summed E-state index contributed by atoms with van der Waals surface area (Å²) in [6.45, 7) is 13.7. The molecule has 0 amide bonds. The minimum atomic E-state index is 0.524. The highest BCUT2D eigenvalue weighted by Crippen LogP contribution is 2.22. The van der Waals surface area contributed by atoms with Gasteiger partial charge in [-0.15, -0.1) is 0 Å². The minimum absolute atomic E-state index is 0.524. The van der Waals surface area contributed by atoms with Crippen molar-refractivity contribution in [1.82, 2.24) is 0 Å². The molecule has 88 valence electrons. The molecule has 15 heavy (non-hydrogen) atoms. The molecule has 0 aliphatic carbocycles. The predicted molar refractivity (Wildman–Crippen MR) is 69.8 cm³/mol. The van der Waals surface area contributed by atoms with Gasteiger partial charge in [0.25, 0.3) is 0 Å². The number of hydrogen-bond donors (Lipinski definition) is 1. The van der Waals surface area contributed by atoms with Gasteiger partial charge in [-0.2, -0.15) is 0 Å². The van der Waals surface area contributed by atoms with E-state index in [1.54, 1.807) is 0 Å². The van der Waals surface area contributed by atoms with Gasteiger partial charge in [-0.1, -0.05) is 44.6 Å². The lowest BCUT2D eigenvalue weighted by atomic mass is 9.90. The van der Waals surface area contributed by atoms with Crippen LogP contribution in [-0.4, -0.2) is 6.54 Å². The van der Waals surface area contributed by atoms with E-state index in [4.69, 9.17) is 5.73 Å². The van der Waals surface area contributed by atoms with Crippen LogP contribution in [0.1, 0.15) is 47.0 Å². The van der Waals surface area contributed by atoms with Crippen molar-refractivity contribution in [1.29, 1.82) is 0 Å². The van der Waals surface area contributed by atoms with Crippen LogP contribution in [0, 0.1) is 11.8 Å². The molecule has 0 spiro atoms. The van der Waals surface area contributed by atoms with Gasteiger partial charge in [0.05, 0.1) is 0 Å². The van der Waals surface area contributed by atoms with Crippen molar-refractivity contribution in [2.75, 3.05) is 6.54 Å². The first-order valence-electron chi connectivity index (χ1n) is 6.17. The lowest BCUT2D eigenvalue weighted by molar-refractivity contribution is 0.574. The quantitative estimate of drug-likeness (QED) is 0.632. The van der Waals surface area contributed by atoms with Crippen LogP contribution in [0.3, 0.4) is 0 Å². The van der Waals surface area contributed by atoms with E-state index < -0.39 is 0 Å². The molecule has 0 aromatic heterocycles. The van der Waals surface area contributed by atoms with E-state index in [2.05, 4.69) is 40.3 Å². The Labute approximate surface area is 95.4 Å². The molecule has 0 radical (unpaired) electrons. The van der Waals surface area contributed by atoms with E-state index in [1.807, 2.05) is 0 Å². The highest BCUT2D eigenvalue weighted by Gasteiger charge is 2.09. The Balaban J connectivity index is 4.51. The van der Waals surface area contributed by atoms with Crippen LogP contribution in [0.25, 0.3) is 0 Å². The van der Waals surface area contributed by atoms with Crippen molar-refractivity contribution in [2.45, 2.75) is 47.0 Å². The maximum Gasteiger partial charge on any atom is -0.00116 e. The van der Waals surface area contributed by atoms with Crippen LogP contribution in [-0.2, 0) is 0 Å². The maximum atomic E-state index is 5.73. The standard InChI is InChI=1S/C14H27N/c1-6-13(7-2)11(4)9-12(5)14(8-3)10-15/h9,13-14H,4,6-8,10,15H2,1-3,5H3/b12-9+. The summed E-state index contributed by atoms with van der Waals surface area (Å²) < 4.78 is 0. The molecule has 0 heterocycles. The van der Waals surface area contributed by atoms with Crippen molar-refractivity contribution in [3.05, 3.63) is 23.8 Å². The van der Waals surface area contributed by atoms with Crippen LogP contribution >= 0.6 is 0 Å². The van der Waals surface area contributed by atoms with Crippen molar-refractivity contribution < 1.29 is 0 Å². The van der Waals surface area contributed by atoms with Crippen LogP contribution < -0.4 is 5.73 Å². The van der Waals surface area contributed by atoms with Gasteiger partial charge in [0.15, 0.2) is 0 Å². The van der Waals surface area contributed by atoms with Gasteiger partial charge in [-0.05, 0) is 44.6 Å². The van der Waals surface area contributed by atoms with Crippen molar-refractivity contribution in [3.8, 4) is 0 Å². The van der Waals surface area contributed by atoms with Crippen molar-refractivity contribution >= 4 is 0 Å². The van der Waals surface area contributed by atoms with Crippen LogP contribution in [0.15, 0.2) is 23.8 Å². The zero-order valence-electron chi connectivity index (χ0n) is 10.8. The average Bonchev–Trinajstić information content (AvgIpc) is 2.21. The van der Waals surface area contributed by atoms with E-state index in [9.17, 15) is 0 Å². The first-order valence-corrected chi connectivity index (χ1v) is 6.17. The highest BCUT2D eigenvalue weighted by atomic mass is 14.5. The molecule has 0 saturated carbocycles. The lowest BCUT2D eigenvalue weighted by Gasteiger charge is -2.17. The summed E-state index contributed by atoms with van der Waals surface area (Å²) in [5, 5.41) is 0. The van der Waals surface area contributed by atoms with Gasteiger partial charge in [0, 0.05) is 0 Å². The molecule has 0 aromatic rings. The second kappa shape index (κ2) is 7.70. The Bertz CT molecular complexity index is 207. The molecule has 1 nitrogen and oxygen atoms in total. The Morgan fingerprint density at radius 3 is 1.93 bits per heavy atom. The largest absolute Gasteiger partial charge is 0.330 e.